The summed E-state index contributed by atoms with van der Waals surface area (Å²) in [5.41, 5.74) is 3.79. The van der Waals surface area contributed by atoms with Crippen LogP contribution in [0.15, 0.2) is 34.1 Å². The van der Waals surface area contributed by atoms with Crippen LogP contribution in [0.25, 0.3) is 11.3 Å². The Morgan fingerprint density at radius 2 is 1.73 bits per heavy atom. The molecule has 26 heavy (non-hydrogen) atoms. The maximum atomic E-state index is 12.5. The summed E-state index contributed by atoms with van der Waals surface area (Å²) in [6, 6.07) is 7.38. The van der Waals surface area contributed by atoms with E-state index in [1.807, 2.05) is 43.5 Å². The molecule has 0 atom stereocenters. The van der Waals surface area contributed by atoms with Crippen LogP contribution in [0.2, 0.25) is 0 Å². The molecule has 0 unspecified atom stereocenters. The van der Waals surface area contributed by atoms with Crippen LogP contribution in [0.4, 0.5) is 10.8 Å². The van der Waals surface area contributed by atoms with Gasteiger partial charge in [-0.05, 0) is 32.9 Å². The zero-order valence-corrected chi connectivity index (χ0v) is 15.8. The molecule has 3 rings (SSSR count). The van der Waals surface area contributed by atoms with Gasteiger partial charge in [-0.1, -0.05) is 12.1 Å². The van der Waals surface area contributed by atoms with Gasteiger partial charge in [0, 0.05) is 29.1 Å². The Hall–Kier alpha value is -2.93. The van der Waals surface area contributed by atoms with Gasteiger partial charge in [-0.2, -0.15) is 0 Å². The first-order chi connectivity index (χ1) is 12.3. The Kier molecular flexibility index (Phi) is 4.90. The van der Waals surface area contributed by atoms with E-state index < -0.39 is 0 Å². The number of nitrogens with one attached hydrogen (secondary N) is 2. The molecule has 0 fully saturated rings. The zero-order valence-electron chi connectivity index (χ0n) is 15.0. The summed E-state index contributed by atoms with van der Waals surface area (Å²) in [6.07, 6.45) is 0. The number of hydrogen-bond donors (Lipinski definition) is 2. The Morgan fingerprint density at radius 3 is 2.31 bits per heavy atom. The van der Waals surface area contributed by atoms with Crippen molar-refractivity contribution in [2.45, 2.75) is 27.7 Å². The second-order valence-electron chi connectivity index (χ2n) is 5.96. The fraction of sp³-hybridized carbons (Fsp3) is 0.211. The quantitative estimate of drug-likeness (QED) is 0.707. The minimum Gasteiger partial charge on any atom is -0.466 e. The van der Waals surface area contributed by atoms with Crippen LogP contribution in [0.1, 0.15) is 34.4 Å². The molecule has 7 heteroatoms. The Bertz CT molecular complexity index is 971. The third-order valence-corrected chi connectivity index (χ3v) is 4.77. The van der Waals surface area contributed by atoms with E-state index in [4.69, 9.17) is 4.42 Å². The number of aromatic nitrogens is 1. The van der Waals surface area contributed by atoms with Gasteiger partial charge in [-0.25, -0.2) is 4.98 Å². The second kappa shape index (κ2) is 7.13. The lowest BCUT2D eigenvalue weighted by Crippen LogP contribution is -2.13. The Balaban J connectivity index is 1.75. The lowest BCUT2D eigenvalue weighted by atomic mass is 10.1. The van der Waals surface area contributed by atoms with Gasteiger partial charge in [-0.3, -0.25) is 14.9 Å². The van der Waals surface area contributed by atoms with E-state index in [2.05, 4.69) is 15.6 Å². The fourth-order valence-corrected chi connectivity index (χ4v) is 3.39. The monoisotopic (exact) mass is 369 g/mol. The first kappa shape index (κ1) is 17.9. The summed E-state index contributed by atoms with van der Waals surface area (Å²) < 4.78 is 5.51. The van der Waals surface area contributed by atoms with Crippen LogP contribution in [0.3, 0.4) is 0 Å². The summed E-state index contributed by atoms with van der Waals surface area (Å²) in [5.74, 6) is 1.00. The molecule has 0 aliphatic carbocycles. The second-order valence-corrected chi connectivity index (χ2v) is 6.82. The molecule has 0 bridgehead atoms. The largest absolute Gasteiger partial charge is 0.466 e. The summed E-state index contributed by atoms with van der Waals surface area (Å²) in [7, 11) is 0. The number of benzene rings is 1. The Morgan fingerprint density at radius 1 is 1.04 bits per heavy atom. The molecule has 0 radical (unpaired) electrons. The van der Waals surface area contributed by atoms with Crippen LogP contribution in [-0.2, 0) is 4.79 Å². The molecule has 1 aromatic carbocycles. The van der Waals surface area contributed by atoms with Crippen molar-refractivity contribution in [3.63, 3.8) is 0 Å². The van der Waals surface area contributed by atoms with Crippen molar-refractivity contribution in [2.24, 2.45) is 0 Å². The first-order valence-corrected chi connectivity index (χ1v) is 8.94. The first-order valence-electron chi connectivity index (χ1n) is 8.06. The number of furan rings is 1. The molecule has 2 amide bonds. The van der Waals surface area contributed by atoms with Gasteiger partial charge in [0.25, 0.3) is 5.91 Å². The number of rotatable bonds is 4. The summed E-state index contributed by atoms with van der Waals surface area (Å²) in [6.45, 7) is 6.95. The number of hydrogen-bond acceptors (Lipinski definition) is 5. The van der Waals surface area contributed by atoms with Crippen molar-refractivity contribution in [1.82, 2.24) is 4.98 Å². The van der Waals surface area contributed by atoms with E-state index in [0.717, 1.165) is 28.3 Å². The lowest BCUT2D eigenvalue weighted by molar-refractivity contribution is -0.114. The third-order valence-electron chi connectivity index (χ3n) is 4.01. The van der Waals surface area contributed by atoms with Gasteiger partial charge in [0.1, 0.15) is 11.5 Å². The minimum atomic E-state index is -0.223. The minimum absolute atomic E-state index is 0.114. The van der Waals surface area contributed by atoms with Gasteiger partial charge in [-0.15, -0.1) is 11.3 Å². The number of carbonyl (C=O) groups excluding carboxylic acids is 2. The van der Waals surface area contributed by atoms with E-state index in [9.17, 15) is 9.59 Å². The SMILES string of the molecule is CC(=O)Nc1ccc(-c2csc(NC(=O)c3c(C)oc(C)c3C)n2)cc1. The summed E-state index contributed by atoms with van der Waals surface area (Å²) in [4.78, 5) is 28.1. The molecule has 134 valence electrons. The van der Waals surface area contributed by atoms with Crippen molar-refractivity contribution in [3.8, 4) is 11.3 Å². The van der Waals surface area contributed by atoms with E-state index in [1.165, 1.54) is 18.3 Å². The highest BCUT2D eigenvalue weighted by molar-refractivity contribution is 7.14. The average molecular weight is 369 g/mol. The molecule has 0 aliphatic rings. The van der Waals surface area contributed by atoms with Gasteiger partial charge in [0.15, 0.2) is 5.13 Å². The van der Waals surface area contributed by atoms with Crippen molar-refractivity contribution in [2.75, 3.05) is 10.6 Å². The van der Waals surface area contributed by atoms with Gasteiger partial charge in [0.05, 0.1) is 11.3 Å². The molecule has 0 saturated heterocycles. The maximum Gasteiger partial charge on any atom is 0.261 e. The smallest absolute Gasteiger partial charge is 0.261 e. The maximum absolute atomic E-state index is 12.5. The predicted molar refractivity (Wildman–Crippen MR) is 103 cm³/mol. The number of nitrogens with zero attached hydrogens (tertiary/aromatic N) is 1. The van der Waals surface area contributed by atoms with Crippen LogP contribution in [0, 0.1) is 20.8 Å². The summed E-state index contributed by atoms with van der Waals surface area (Å²) >= 11 is 1.36. The number of thiazole rings is 1. The van der Waals surface area contributed by atoms with E-state index in [-0.39, 0.29) is 11.8 Å². The van der Waals surface area contributed by atoms with Crippen LogP contribution in [-0.4, -0.2) is 16.8 Å². The van der Waals surface area contributed by atoms with Crippen molar-refractivity contribution >= 4 is 34.0 Å². The van der Waals surface area contributed by atoms with Crippen LogP contribution < -0.4 is 10.6 Å². The molecule has 2 heterocycles. The van der Waals surface area contributed by atoms with Crippen LogP contribution >= 0.6 is 11.3 Å². The van der Waals surface area contributed by atoms with Crippen molar-refractivity contribution in [3.05, 3.63) is 52.3 Å². The Labute approximate surface area is 155 Å². The predicted octanol–water partition coefficient (Wildman–Crippen LogP) is 4.54. The van der Waals surface area contributed by atoms with E-state index >= 15 is 0 Å². The molecule has 0 spiro atoms. The highest BCUT2D eigenvalue weighted by atomic mass is 32.1. The average Bonchev–Trinajstić information content (AvgIpc) is 3.12. The topological polar surface area (TPSA) is 84.2 Å². The van der Waals surface area contributed by atoms with E-state index in [0.29, 0.717) is 16.5 Å². The lowest BCUT2D eigenvalue weighted by Gasteiger charge is -2.03. The molecule has 2 N–H and O–H groups in total. The molecular weight excluding hydrogens is 350 g/mol. The number of anilines is 2. The highest BCUT2D eigenvalue weighted by Gasteiger charge is 2.19. The van der Waals surface area contributed by atoms with Gasteiger partial charge < -0.3 is 9.73 Å². The number of carbonyl (C=O) groups is 2. The van der Waals surface area contributed by atoms with Gasteiger partial charge >= 0.3 is 0 Å². The number of amides is 2. The highest BCUT2D eigenvalue weighted by Crippen LogP contribution is 2.27. The molecule has 0 saturated carbocycles. The normalized spacial score (nSPS) is 10.6. The molecular formula is C19H19N3O3S. The molecule has 0 aliphatic heterocycles. The van der Waals surface area contributed by atoms with Gasteiger partial charge in [0.2, 0.25) is 5.91 Å². The summed E-state index contributed by atoms with van der Waals surface area (Å²) in [5, 5.41) is 7.96. The van der Waals surface area contributed by atoms with Crippen LogP contribution in [0.5, 0.6) is 0 Å². The molecule has 3 aromatic rings. The van der Waals surface area contributed by atoms with Crippen molar-refractivity contribution < 1.29 is 14.0 Å². The fourth-order valence-electron chi connectivity index (χ4n) is 2.68. The standard InChI is InChI=1S/C19H19N3O3S/c1-10-11(2)25-12(3)17(10)18(24)22-19-21-16(9-26-19)14-5-7-15(8-6-14)20-13(4)23/h5-9H,1-4H3,(H,20,23)(H,21,22,24). The zero-order chi connectivity index (χ0) is 18.8. The third kappa shape index (κ3) is 3.67. The van der Waals surface area contributed by atoms with E-state index in [1.54, 1.807) is 6.92 Å². The number of aryl methyl sites for hydroxylation is 2. The molecule has 6 nitrogen and oxygen atoms in total. The molecule has 2 aromatic heterocycles. The van der Waals surface area contributed by atoms with Crippen molar-refractivity contribution in [1.29, 1.82) is 0 Å².